The normalized spacial score (nSPS) is 16.6. The number of amides is 1. The number of nitrogens with zero attached hydrogens (tertiary/aromatic N) is 4. The van der Waals surface area contributed by atoms with Gasteiger partial charge in [-0.2, -0.15) is 18.3 Å². The Hall–Kier alpha value is -1.46. The van der Waals surface area contributed by atoms with Crippen molar-refractivity contribution in [3.63, 3.8) is 0 Å². The van der Waals surface area contributed by atoms with E-state index in [1.807, 2.05) is 22.0 Å². The van der Waals surface area contributed by atoms with Crippen molar-refractivity contribution in [1.29, 1.82) is 0 Å². The van der Waals surface area contributed by atoms with E-state index in [9.17, 15) is 27.2 Å². The Balaban J connectivity index is 1.84. The van der Waals surface area contributed by atoms with E-state index >= 15 is 0 Å². The van der Waals surface area contributed by atoms with Crippen LogP contribution in [0.5, 0.6) is 0 Å². The first-order valence-electron chi connectivity index (χ1n) is 8.60. The van der Waals surface area contributed by atoms with E-state index in [0.717, 1.165) is 12.1 Å². The van der Waals surface area contributed by atoms with E-state index in [4.69, 9.17) is 11.6 Å². The highest BCUT2D eigenvalue weighted by Crippen LogP contribution is 2.37. The zero-order valence-corrected chi connectivity index (χ0v) is 19.3. The summed E-state index contributed by atoms with van der Waals surface area (Å²) in [7, 11) is 0. The Bertz CT molecular complexity index is 1040. The summed E-state index contributed by atoms with van der Waals surface area (Å²) in [4.78, 5) is 27.8. The van der Waals surface area contributed by atoms with Crippen molar-refractivity contribution in [2.75, 3.05) is 24.5 Å². The van der Waals surface area contributed by atoms with E-state index in [2.05, 4.69) is 5.10 Å². The second-order valence-corrected chi connectivity index (χ2v) is 8.98. The smallest absolute Gasteiger partial charge is 0.358 e. The number of carbonyl (C=O) groups excluding carboxylic acids is 1. The highest BCUT2D eigenvalue weighted by atomic mass is 127. The van der Waals surface area contributed by atoms with Crippen molar-refractivity contribution >= 4 is 51.6 Å². The predicted octanol–water partition coefficient (Wildman–Crippen LogP) is 4.26. The third-order valence-electron chi connectivity index (χ3n) is 4.82. The van der Waals surface area contributed by atoms with E-state index in [0.29, 0.717) is 11.8 Å². The number of rotatable bonds is 4. The van der Waals surface area contributed by atoms with Gasteiger partial charge in [-0.05, 0) is 46.7 Å². The fourth-order valence-corrected chi connectivity index (χ4v) is 4.95. The summed E-state index contributed by atoms with van der Waals surface area (Å²) in [5, 5.41) is 3.94. The monoisotopic (exact) mass is 576 g/mol. The number of anilines is 1. The Morgan fingerprint density at radius 2 is 1.97 bits per heavy atom. The first-order chi connectivity index (χ1) is 14.0. The first kappa shape index (κ1) is 23.2. The van der Waals surface area contributed by atoms with Crippen LogP contribution < -0.4 is 10.5 Å². The molecule has 2 heterocycles. The molecule has 1 aromatic carbocycles. The molecule has 2 aromatic rings. The van der Waals surface area contributed by atoms with Crippen molar-refractivity contribution < 1.29 is 22.4 Å². The van der Waals surface area contributed by atoms with Crippen LogP contribution in [0.15, 0.2) is 29.2 Å². The van der Waals surface area contributed by atoms with Crippen LogP contribution in [0.25, 0.3) is 0 Å². The molecule has 1 aliphatic rings. The summed E-state index contributed by atoms with van der Waals surface area (Å²) >= 11 is 8.12. The molecule has 1 aliphatic heterocycles. The third-order valence-corrected chi connectivity index (χ3v) is 7.02. The average Bonchev–Trinajstić information content (AvgIpc) is 2.68. The molecule has 6 nitrogen and oxygen atoms in total. The molecule has 30 heavy (non-hydrogen) atoms. The van der Waals surface area contributed by atoms with Gasteiger partial charge in [-0.1, -0.05) is 17.7 Å². The molecule has 1 saturated heterocycles. The van der Waals surface area contributed by atoms with Crippen molar-refractivity contribution in [3.8, 4) is 0 Å². The molecule has 0 spiro atoms. The molecule has 3 rings (SSSR count). The summed E-state index contributed by atoms with van der Waals surface area (Å²) in [6.45, 7) is 1.63. The standard InChI is InChI=1S/C17H15ClF4IN4O2P/c1-9(11-3-2-10(19)6-12(11)17(20,21)22)26-5-4-25(8-14(26)28)13-7-24-27(30-23)16(29)15(13)18/h2-3,6-7,9,30H,4-5,8H2,1H3. The Morgan fingerprint density at radius 3 is 2.57 bits per heavy atom. The summed E-state index contributed by atoms with van der Waals surface area (Å²) < 4.78 is 54.6. The third kappa shape index (κ3) is 4.57. The lowest BCUT2D eigenvalue weighted by Crippen LogP contribution is -2.51. The molecule has 1 fully saturated rings. The zero-order chi connectivity index (χ0) is 22.2. The minimum Gasteiger partial charge on any atom is -0.358 e. The Kier molecular flexibility index (Phi) is 6.93. The van der Waals surface area contributed by atoms with Gasteiger partial charge in [-0.25, -0.2) is 8.84 Å². The lowest BCUT2D eigenvalue weighted by Gasteiger charge is -2.39. The molecule has 13 heteroatoms. The van der Waals surface area contributed by atoms with Gasteiger partial charge in [0.05, 0.1) is 36.4 Å². The van der Waals surface area contributed by atoms with Crippen LogP contribution in [0.4, 0.5) is 23.2 Å². The highest BCUT2D eigenvalue weighted by molar-refractivity contribution is 14.2. The molecule has 0 N–H and O–H groups in total. The quantitative estimate of drug-likeness (QED) is 0.310. The maximum atomic E-state index is 13.4. The number of halogens is 6. The topological polar surface area (TPSA) is 58.4 Å². The Labute approximate surface area is 188 Å². The lowest BCUT2D eigenvalue weighted by atomic mass is 9.98. The fourth-order valence-electron chi connectivity index (χ4n) is 3.31. The maximum absolute atomic E-state index is 13.4. The van der Waals surface area contributed by atoms with Gasteiger partial charge >= 0.3 is 6.18 Å². The van der Waals surface area contributed by atoms with E-state index in [-0.39, 0.29) is 36.6 Å². The minimum atomic E-state index is -4.75. The number of alkyl halides is 3. The van der Waals surface area contributed by atoms with Gasteiger partial charge in [0.25, 0.3) is 5.56 Å². The first-order valence-corrected chi connectivity index (χ1v) is 13.0. The molecule has 2 atom stereocenters. The number of aromatic nitrogens is 2. The molecule has 1 aromatic heterocycles. The summed E-state index contributed by atoms with van der Waals surface area (Å²) in [6, 6.07) is 1.50. The van der Waals surface area contributed by atoms with Gasteiger partial charge in [0.2, 0.25) is 5.91 Å². The van der Waals surface area contributed by atoms with Crippen LogP contribution in [0.1, 0.15) is 24.1 Å². The minimum absolute atomic E-state index is 0.0614. The van der Waals surface area contributed by atoms with Crippen LogP contribution in [-0.4, -0.2) is 40.0 Å². The molecule has 0 aliphatic carbocycles. The predicted molar refractivity (Wildman–Crippen MR) is 115 cm³/mol. The van der Waals surface area contributed by atoms with Crippen molar-refractivity contribution in [3.05, 3.63) is 56.7 Å². The van der Waals surface area contributed by atoms with Crippen LogP contribution in [0.2, 0.25) is 5.02 Å². The van der Waals surface area contributed by atoms with E-state index in [1.165, 1.54) is 22.5 Å². The van der Waals surface area contributed by atoms with E-state index < -0.39 is 35.1 Å². The molecule has 0 saturated carbocycles. The molecule has 0 bridgehead atoms. The van der Waals surface area contributed by atoms with Gasteiger partial charge in [0, 0.05) is 13.1 Å². The van der Waals surface area contributed by atoms with Crippen LogP contribution >= 0.6 is 40.0 Å². The molecule has 0 radical (unpaired) electrons. The van der Waals surface area contributed by atoms with Gasteiger partial charge in [0.1, 0.15) is 10.8 Å². The van der Waals surface area contributed by atoms with Gasteiger partial charge in [0.15, 0.2) is 0 Å². The fraction of sp³-hybridized carbons (Fsp3) is 0.353. The average molecular weight is 577 g/mol. The number of carbonyl (C=O) groups is 1. The van der Waals surface area contributed by atoms with Crippen LogP contribution in [0, 0.1) is 5.82 Å². The second kappa shape index (κ2) is 8.96. The molecule has 162 valence electrons. The zero-order valence-electron chi connectivity index (χ0n) is 15.4. The Morgan fingerprint density at radius 1 is 1.27 bits per heavy atom. The number of hydrogen-bond donors (Lipinski definition) is 0. The van der Waals surface area contributed by atoms with Crippen molar-refractivity contribution in [2.24, 2.45) is 0 Å². The number of hydrogen-bond acceptors (Lipinski definition) is 4. The number of benzene rings is 1. The highest BCUT2D eigenvalue weighted by Gasteiger charge is 2.38. The van der Waals surface area contributed by atoms with Gasteiger partial charge < -0.3 is 9.80 Å². The molecular formula is C17H15ClF4IN4O2P. The molecular weight excluding hydrogens is 562 g/mol. The summed E-state index contributed by atoms with van der Waals surface area (Å²) in [5.74, 6) is -1.44. The molecule has 1 amide bonds. The molecule has 2 unspecified atom stereocenters. The summed E-state index contributed by atoms with van der Waals surface area (Å²) in [5.41, 5.74) is -1.48. The number of piperazine rings is 1. The van der Waals surface area contributed by atoms with Crippen LogP contribution in [-0.2, 0) is 11.0 Å². The maximum Gasteiger partial charge on any atom is 0.416 e. The van der Waals surface area contributed by atoms with Crippen LogP contribution in [0.3, 0.4) is 0 Å². The van der Waals surface area contributed by atoms with Crippen molar-refractivity contribution in [1.82, 2.24) is 14.5 Å². The summed E-state index contributed by atoms with van der Waals surface area (Å²) in [6.07, 6.45) is -3.30. The van der Waals surface area contributed by atoms with Gasteiger partial charge in [-0.3, -0.25) is 9.59 Å². The lowest BCUT2D eigenvalue weighted by molar-refractivity contribution is -0.141. The van der Waals surface area contributed by atoms with Crippen molar-refractivity contribution in [2.45, 2.75) is 19.1 Å². The van der Waals surface area contributed by atoms with E-state index in [1.54, 1.807) is 4.90 Å². The second-order valence-electron chi connectivity index (χ2n) is 6.56. The largest absolute Gasteiger partial charge is 0.416 e. The SMILES string of the molecule is CC(c1ccc(F)cc1C(F)(F)F)N1CCN(c2cnn(PI)c(=O)c2Cl)CC1=O. The van der Waals surface area contributed by atoms with Gasteiger partial charge in [-0.15, -0.1) is 0 Å².